The van der Waals surface area contributed by atoms with Crippen LogP contribution in [0.3, 0.4) is 0 Å². The fourth-order valence-corrected chi connectivity index (χ4v) is 2.09. The van der Waals surface area contributed by atoms with E-state index in [2.05, 4.69) is 25.5 Å². The molecular formula is C12H21N5O. The van der Waals surface area contributed by atoms with E-state index >= 15 is 0 Å². The van der Waals surface area contributed by atoms with Gasteiger partial charge in [-0.25, -0.2) is 9.97 Å². The lowest BCUT2D eigenvalue weighted by Gasteiger charge is -2.27. The van der Waals surface area contributed by atoms with E-state index in [1.807, 2.05) is 6.92 Å². The molecule has 1 aromatic heterocycles. The number of aromatic nitrogens is 2. The van der Waals surface area contributed by atoms with Crippen molar-refractivity contribution in [3.63, 3.8) is 0 Å². The second-order valence-corrected chi connectivity index (χ2v) is 4.37. The smallest absolute Gasteiger partial charge is 0.221 e. The third-order valence-electron chi connectivity index (χ3n) is 3.16. The third-order valence-corrected chi connectivity index (χ3v) is 3.16. The summed E-state index contributed by atoms with van der Waals surface area (Å²) < 4.78 is 5.17. The molecule has 0 aliphatic carbocycles. The molecule has 1 aromatic rings. The van der Waals surface area contributed by atoms with E-state index in [9.17, 15) is 0 Å². The first-order valence-electron chi connectivity index (χ1n) is 6.34. The van der Waals surface area contributed by atoms with Gasteiger partial charge in [-0.1, -0.05) is 0 Å². The van der Waals surface area contributed by atoms with Crippen molar-refractivity contribution in [3.05, 3.63) is 11.9 Å². The molecule has 6 nitrogen and oxygen atoms in total. The Morgan fingerprint density at radius 3 is 2.89 bits per heavy atom. The van der Waals surface area contributed by atoms with Gasteiger partial charge in [-0.3, -0.25) is 4.90 Å². The number of nitrogens with zero attached hydrogens (tertiary/aromatic N) is 3. The van der Waals surface area contributed by atoms with E-state index in [1.165, 1.54) is 6.33 Å². The van der Waals surface area contributed by atoms with E-state index in [1.54, 1.807) is 7.11 Å². The minimum atomic E-state index is 0.634. The van der Waals surface area contributed by atoms with Crippen LogP contribution >= 0.6 is 0 Å². The molecule has 0 unspecified atom stereocenters. The molecule has 0 aromatic carbocycles. The maximum absolute atomic E-state index is 5.17. The van der Waals surface area contributed by atoms with Gasteiger partial charge in [0.15, 0.2) is 0 Å². The molecule has 0 bridgehead atoms. The molecule has 1 fully saturated rings. The highest BCUT2D eigenvalue weighted by molar-refractivity contribution is 5.47. The Balaban J connectivity index is 1.82. The van der Waals surface area contributed by atoms with Crippen molar-refractivity contribution in [2.24, 2.45) is 0 Å². The van der Waals surface area contributed by atoms with Gasteiger partial charge in [-0.15, -0.1) is 0 Å². The molecule has 100 valence electrons. The molecule has 2 N–H and O–H groups in total. The maximum Gasteiger partial charge on any atom is 0.221 e. The molecule has 1 aliphatic heterocycles. The van der Waals surface area contributed by atoms with Crippen LogP contribution in [0, 0.1) is 6.92 Å². The number of nitrogens with one attached hydrogen (secondary N) is 2. The maximum atomic E-state index is 5.17. The predicted molar refractivity (Wildman–Crippen MR) is 71.1 cm³/mol. The summed E-state index contributed by atoms with van der Waals surface area (Å²) in [6, 6.07) is 0. The van der Waals surface area contributed by atoms with Crippen molar-refractivity contribution in [1.82, 2.24) is 20.2 Å². The molecular weight excluding hydrogens is 230 g/mol. The Kier molecular flexibility index (Phi) is 4.72. The van der Waals surface area contributed by atoms with Crippen LogP contribution in [0.4, 0.5) is 5.82 Å². The van der Waals surface area contributed by atoms with E-state index in [0.717, 1.165) is 50.6 Å². The van der Waals surface area contributed by atoms with Crippen LogP contribution in [0.15, 0.2) is 6.33 Å². The summed E-state index contributed by atoms with van der Waals surface area (Å²) in [5.41, 5.74) is 0.959. The largest absolute Gasteiger partial charge is 0.481 e. The first-order valence-corrected chi connectivity index (χ1v) is 6.34. The Morgan fingerprint density at radius 1 is 1.39 bits per heavy atom. The minimum Gasteiger partial charge on any atom is -0.481 e. The average molecular weight is 251 g/mol. The van der Waals surface area contributed by atoms with Crippen molar-refractivity contribution in [2.75, 3.05) is 51.7 Å². The zero-order valence-corrected chi connectivity index (χ0v) is 11.1. The van der Waals surface area contributed by atoms with Crippen LogP contribution in [0.5, 0.6) is 5.88 Å². The first kappa shape index (κ1) is 13.0. The molecule has 0 atom stereocenters. The number of ether oxygens (including phenoxy) is 1. The third kappa shape index (κ3) is 3.30. The molecule has 1 saturated heterocycles. The lowest BCUT2D eigenvalue weighted by molar-refractivity contribution is 0.249. The van der Waals surface area contributed by atoms with Crippen molar-refractivity contribution < 1.29 is 4.74 Å². The monoisotopic (exact) mass is 251 g/mol. The molecule has 1 aliphatic rings. The number of rotatable bonds is 5. The number of methoxy groups -OCH3 is 1. The van der Waals surface area contributed by atoms with Crippen LogP contribution in [-0.4, -0.2) is 61.2 Å². The summed E-state index contributed by atoms with van der Waals surface area (Å²) >= 11 is 0. The molecule has 0 spiro atoms. The predicted octanol–water partition coefficient (Wildman–Crippen LogP) is 0.111. The Hall–Kier alpha value is -1.40. The summed E-state index contributed by atoms with van der Waals surface area (Å²) in [6.07, 6.45) is 1.53. The molecule has 0 amide bonds. The van der Waals surface area contributed by atoms with E-state index in [4.69, 9.17) is 4.74 Å². The lowest BCUT2D eigenvalue weighted by Crippen LogP contribution is -2.45. The number of hydrogen-bond acceptors (Lipinski definition) is 6. The fourth-order valence-electron chi connectivity index (χ4n) is 2.09. The Bertz CT molecular complexity index is 379. The van der Waals surface area contributed by atoms with Gasteiger partial charge in [0, 0.05) is 39.3 Å². The Morgan fingerprint density at radius 2 is 2.17 bits per heavy atom. The van der Waals surface area contributed by atoms with Gasteiger partial charge >= 0.3 is 0 Å². The van der Waals surface area contributed by atoms with Crippen LogP contribution < -0.4 is 15.4 Å². The molecule has 0 radical (unpaired) electrons. The highest BCUT2D eigenvalue weighted by Gasteiger charge is 2.10. The van der Waals surface area contributed by atoms with Gasteiger partial charge in [0.25, 0.3) is 0 Å². The van der Waals surface area contributed by atoms with Gasteiger partial charge in [-0.05, 0) is 6.92 Å². The van der Waals surface area contributed by atoms with Crippen molar-refractivity contribution in [1.29, 1.82) is 0 Å². The highest BCUT2D eigenvalue weighted by atomic mass is 16.5. The van der Waals surface area contributed by atoms with Crippen LogP contribution in [-0.2, 0) is 0 Å². The zero-order chi connectivity index (χ0) is 12.8. The molecule has 2 rings (SSSR count). The number of hydrogen-bond donors (Lipinski definition) is 2. The second-order valence-electron chi connectivity index (χ2n) is 4.37. The van der Waals surface area contributed by atoms with Gasteiger partial charge in [-0.2, -0.15) is 0 Å². The fraction of sp³-hybridized carbons (Fsp3) is 0.667. The van der Waals surface area contributed by atoms with E-state index in [-0.39, 0.29) is 0 Å². The number of piperazine rings is 1. The first-order chi connectivity index (χ1) is 8.81. The van der Waals surface area contributed by atoms with Crippen molar-refractivity contribution in [2.45, 2.75) is 6.92 Å². The summed E-state index contributed by atoms with van der Waals surface area (Å²) in [5.74, 6) is 1.49. The SMILES string of the molecule is COc1ncnc(NCCN2CCNCC2)c1C. The van der Waals surface area contributed by atoms with Gasteiger partial charge in [0.2, 0.25) is 5.88 Å². The summed E-state index contributed by atoms with van der Waals surface area (Å²) in [5, 5.41) is 6.69. The topological polar surface area (TPSA) is 62.3 Å². The van der Waals surface area contributed by atoms with Gasteiger partial charge in [0.05, 0.1) is 12.7 Å². The minimum absolute atomic E-state index is 0.634. The summed E-state index contributed by atoms with van der Waals surface area (Å²) in [6.45, 7) is 8.29. The normalized spacial score (nSPS) is 16.6. The van der Waals surface area contributed by atoms with Crippen LogP contribution in [0.1, 0.15) is 5.56 Å². The summed E-state index contributed by atoms with van der Waals surface area (Å²) in [7, 11) is 1.62. The lowest BCUT2D eigenvalue weighted by atomic mass is 10.3. The van der Waals surface area contributed by atoms with Gasteiger partial charge < -0.3 is 15.4 Å². The van der Waals surface area contributed by atoms with E-state index in [0.29, 0.717) is 5.88 Å². The average Bonchev–Trinajstić information content (AvgIpc) is 2.42. The van der Waals surface area contributed by atoms with Crippen molar-refractivity contribution >= 4 is 5.82 Å². The van der Waals surface area contributed by atoms with Gasteiger partial charge in [0.1, 0.15) is 12.1 Å². The van der Waals surface area contributed by atoms with Crippen molar-refractivity contribution in [3.8, 4) is 5.88 Å². The summed E-state index contributed by atoms with van der Waals surface area (Å²) in [4.78, 5) is 10.7. The molecule has 6 heteroatoms. The molecule has 0 saturated carbocycles. The second kappa shape index (κ2) is 6.51. The highest BCUT2D eigenvalue weighted by Crippen LogP contribution is 2.19. The molecule has 2 heterocycles. The standard InChI is InChI=1S/C12H21N5O/c1-10-11(15-9-16-12(10)18-2)14-5-8-17-6-3-13-4-7-17/h9,13H,3-8H2,1-2H3,(H,14,15,16). The van der Waals surface area contributed by atoms with Crippen LogP contribution in [0.25, 0.3) is 0 Å². The van der Waals surface area contributed by atoms with E-state index < -0.39 is 0 Å². The van der Waals surface area contributed by atoms with Crippen LogP contribution in [0.2, 0.25) is 0 Å². The quantitative estimate of drug-likeness (QED) is 0.774. The number of anilines is 1. The zero-order valence-electron chi connectivity index (χ0n) is 11.1. The Labute approximate surface area is 108 Å². The molecule has 18 heavy (non-hydrogen) atoms.